The smallest absolute Gasteiger partial charge is 0.323 e. The summed E-state index contributed by atoms with van der Waals surface area (Å²) in [6.45, 7) is 3.76. The summed E-state index contributed by atoms with van der Waals surface area (Å²) in [4.78, 5) is 11.4. The van der Waals surface area contributed by atoms with Gasteiger partial charge in [-0.25, -0.2) is 5.09 Å². The molecule has 1 rings (SSSR count). The lowest BCUT2D eigenvalue weighted by atomic mass is 10.3. The number of carbonyl (C=O) groups excluding carboxylic acids is 1. The van der Waals surface area contributed by atoms with Crippen LogP contribution in [0.1, 0.15) is 13.8 Å². The number of esters is 1. The molecule has 0 aliphatic rings. The molecule has 0 fully saturated rings. The van der Waals surface area contributed by atoms with Gasteiger partial charge in [-0.05, 0) is 26.0 Å². The lowest BCUT2D eigenvalue weighted by Gasteiger charge is -2.20. The van der Waals surface area contributed by atoms with Crippen LogP contribution in [0.15, 0.2) is 30.3 Å². The highest BCUT2D eigenvalue weighted by Gasteiger charge is 2.20. The van der Waals surface area contributed by atoms with Crippen LogP contribution in [-0.4, -0.2) is 30.1 Å². The number of para-hydroxylation sites is 1. The quantitative estimate of drug-likeness (QED) is 0.585. The molecule has 0 spiro atoms. The zero-order valence-corrected chi connectivity index (χ0v) is 11.4. The number of benzene rings is 1. The molecule has 2 unspecified atom stereocenters. The van der Waals surface area contributed by atoms with Crippen LogP contribution in [0, 0.1) is 0 Å². The predicted octanol–water partition coefficient (Wildman–Crippen LogP) is 1.87. The predicted molar refractivity (Wildman–Crippen MR) is 70.3 cm³/mol. The first-order chi connectivity index (χ1) is 8.67. The third kappa shape index (κ3) is 5.00. The number of ether oxygens (including phenoxy) is 1. The van der Waals surface area contributed by atoms with Gasteiger partial charge in [-0.1, -0.05) is 18.2 Å². The van der Waals surface area contributed by atoms with E-state index in [1.54, 1.807) is 26.0 Å². The highest BCUT2D eigenvalue weighted by molar-refractivity contribution is 7.50. The maximum Gasteiger partial charge on any atom is 0.323 e. The zero-order chi connectivity index (χ0) is 13.4. The fourth-order valence-electron chi connectivity index (χ4n) is 1.24. The van der Waals surface area contributed by atoms with Crippen molar-refractivity contribution >= 4 is 14.3 Å². The van der Waals surface area contributed by atoms with Gasteiger partial charge in [0, 0.05) is 0 Å². The molecule has 1 aromatic rings. The molecule has 1 aromatic carbocycles. The van der Waals surface area contributed by atoms with Gasteiger partial charge in [0.1, 0.15) is 18.1 Å². The van der Waals surface area contributed by atoms with Crippen molar-refractivity contribution in [3.8, 4) is 5.75 Å². The molecule has 18 heavy (non-hydrogen) atoms. The highest BCUT2D eigenvalue weighted by atomic mass is 31.2. The van der Waals surface area contributed by atoms with Crippen LogP contribution in [0.2, 0.25) is 0 Å². The molecule has 0 radical (unpaired) electrons. The molecule has 0 saturated carbocycles. The van der Waals surface area contributed by atoms with Crippen LogP contribution in [0.3, 0.4) is 0 Å². The van der Waals surface area contributed by atoms with Gasteiger partial charge in [0.05, 0.1) is 6.61 Å². The molecule has 0 aliphatic heterocycles. The molecular weight excluding hydrogens is 253 g/mol. The van der Waals surface area contributed by atoms with Crippen molar-refractivity contribution in [2.75, 3.05) is 13.0 Å². The van der Waals surface area contributed by atoms with Gasteiger partial charge in [-0.15, -0.1) is 0 Å². The Balaban J connectivity index is 2.49. The minimum Gasteiger partial charge on any atom is -0.465 e. The van der Waals surface area contributed by atoms with Crippen molar-refractivity contribution in [1.82, 2.24) is 5.09 Å². The topological polar surface area (TPSA) is 67.8 Å². The first-order valence-electron chi connectivity index (χ1n) is 5.71. The fourth-order valence-corrected chi connectivity index (χ4v) is 2.35. The molecule has 0 saturated heterocycles. The van der Waals surface area contributed by atoms with E-state index in [2.05, 4.69) is 5.09 Å². The van der Waals surface area contributed by atoms with Gasteiger partial charge in [-0.2, -0.15) is 0 Å². The fraction of sp³-hybridized carbons (Fsp3) is 0.417. The maximum absolute atomic E-state index is 11.4. The van der Waals surface area contributed by atoms with E-state index in [0.29, 0.717) is 12.4 Å². The van der Waals surface area contributed by atoms with Crippen molar-refractivity contribution in [2.24, 2.45) is 0 Å². The van der Waals surface area contributed by atoms with Crippen molar-refractivity contribution in [1.29, 1.82) is 0 Å². The molecule has 2 atom stereocenters. The lowest BCUT2D eigenvalue weighted by molar-refractivity contribution is -0.144. The summed E-state index contributed by atoms with van der Waals surface area (Å²) >= 11 is 0. The van der Waals surface area contributed by atoms with E-state index in [4.69, 9.17) is 9.26 Å². The minimum absolute atomic E-state index is 0.173. The lowest BCUT2D eigenvalue weighted by Crippen LogP contribution is -2.33. The molecule has 0 heterocycles. The molecule has 0 bridgehead atoms. The second-order valence-corrected chi connectivity index (χ2v) is 5.01. The first kappa shape index (κ1) is 14.9. The van der Waals surface area contributed by atoms with Gasteiger partial charge in [0.15, 0.2) is 8.30 Å². The van der Waals surface area contributed by atoms with Crippen LogP contribution in [-0.2, 0) is 9.53 Å². The van der Waals surface area contributed by atoms with Crippen molar-refractivity contribution in [2.45, 2.75) is 19.9 Å². The van der Waals surface area contributed by atoms with Crippen LogP contribution in [0.4, 0.5) is 0 Å². The summed E-state index contributed by atoms with van der Waals surface area (Å²) in [6, 6.07) is 8.64. The van der Waals surface area contributed by atoms with E-state index in [-0.39, 0.29) is 12.3 Å². The molecule has 100 valence electrons. The van der Waals surface area contributed by atoms with E-state index < -0.39 is 14.3 Å². The molecular formula is C12H18NO4P. The normalized spacial score (nSPS) is 13.7. The second-order valence-electron chi connectivity index (χ2n) is 3.53. The Kier molecular flexibility index (Phi) is 6.65. The molecule has 0 aromatic heterocycles. The van der Waals surface area contributed by atoms with Gasteiger partial charge in [0.2, 0.25) is 0 Å². The van der Waals surface area contributed by atoms with E-state index in [1.807, 2.05) is 18.2 Å². The summed E-state index contributed by atoms with van der Waals surface area (Å²) in [5, 5.41) is 12.2. The van der Waals surface area contributed by atoms with Crippen molar-refractivity contribution in [3.63, 3.8) is 0 Å². The summed E-state index contributed by atoms with van der Waals surface area (Å²) in [7, 11) is -1.31. The molecule has 0 amide bonds. The Bertz CT molecular complexity index is 360. The molecule has 5 nitrogen and oxygen atoms in total. The Labute approximate surface area is 108 Å². The largest absolute Gasteiger partial charge is 0.465 e. The van der Waals surface area contributed by atoms with Crippen LogP contribution < -0.4 is 9.61 Å². The number of rotatable bonds is 7. The van der Waals surface area contributed by atoms with Gasteiger partial charge < -0.3 is 14.4 Å². The number of nitrogens with one attached hydrogen (secondary N) is 1. The SMILES string of the molecule is CCOC(=O)C(C)NP(CO)Oc1ccccc1. The maximum atomic E-state index is 11.4. The summed E-state index contributed by atoms with van der Waals surface area (Å²) in [5.74, 6) is 0.302. The number of carbonyl (C=O) groups is 1. The summed E-state index contributed by atoms with van der Waals surface area (Å²) in [5.41, 5.74) is 0. The Hall–Kier alpha value is -1.16. The number of aliphatic hydroxyl groups is 1. The number of hydrogen-bond donors (Lipinski definition) is 2. The second kappa shape index (κ2) is 8.03. The third-order valence-corrected chi connectivity index (χ3v) is 3.43. The molecule has 0 aliphatic carbocycles. The van der Waals surface area contributed by atoms with Crippen molar-refractivity contribution < 1.29 is 19.2 Å². The summed E-state index contributed by atoms with van der Waals surface area (Å²) in [6.07, 6.45) is -0.173. The van der Waals surface area contributed by atoms with Gasteiger partial charge in [0.25, 0.3) is 0 Å². The Morgan fingerprint density at radius 2 is 2.11 bits per heavy atom. The minimum atomic E-state index is -1.31. The van der Waals surface area contributed by atoms with Gasteiger partial charge >= 0.3 is 5.97 Å². The van der Waals surface area contributed by atoms with Crippen LogP contribution in [0.25, 0.3) is 0 Å². The average Bonchev–Trinajstić information content (AvgIpc) is 2.39. The number of aliphatic hydroxyl groups excluding tert-OH is 1. The standard InChI is InChI=1S/C12H18NO4P/c1-3-16-12(15)10(2)13-18(9-14)17-11-7-5-4-6-8-11/h4-8,10,13-14H,3,9H2,1-2H3. The molecule has 2 N–H and O–H groups in total. The monoisotopic (exact) mass is 271 g/mol. The van der Waals surface area contributed by atoms with Crippen LogP contribution in [0.5, 0.6) is 5.75 Å². The van der Waals surface area contributed by atoms with Crippen LogP contribution >= 0.6 is 8.30 Å². The van der Waals surface area contributed by atoms with E-state index in [9.17, 15) is 9.90 Å². The van der Waals surface area contributed by atoms with E-state index in [0.717, 1.165) is 0 Å². The highest BCUT2D eigenvalue weighted by Crippen LogP contribution is 2.33. The Morgan fingerprint density at radius 3 is 2.67 bits per heavy atom. The first-order valence-corrected chi connectivity index (χ1v) is 7.16. The molecule has 6 heteroatoms. The average molecular weight is 271 g/mol. The zero-order valence-electron chi connectivity index (χ0n) is 10.5. The summed E-state index contributed by atoms with van der Waals surface area (Å²) < 4.78 is 10.4. The number of hydrogen-bond acceptors (Lipinski definition) is 5. The third-order valence-electron chi connectivity index (χ3n) is 2.07. The van der Waals surface area contributed by atoms with E-state index >= 15 is 0 Å². The van der Waals surface area contributed by atoms with Gasteiger partial charge in [-0.3, -0.25) is 4.79 Å². The Morgan fingerprint density at radius 1 is 1.44 bits per heavy atom. The van der Waals surface area contributed by atoms with Crippen molar-refractivity contribution in [3.05, 3.63) is 30.3 Å². The van der Waals surface area contributed by atoms with E-state index in [1.165, 1.54) is 0 Å².